The molecule has 5 rings (SSSR count). The highest BCUT2D eigenvalue weighted by atomic mass is 16.5. The number of anilines is 1. The number of carbonyl (C=O) groups is 3. The van der Waals surface area contributed by atoms with Crippen LogP contribution in [0.4, 0.5) is 5.82 Å². The molecule has 0 radical (unpaired) electrons. The summed E-state index contributed by atoms with van der Waals surface area (Å²) in [6, 6.07) is 6.43. The number of hydrogen-bond acceptors (Lipinski definition) is 7. The third kappa shape index (κ3) is 6.64. The highest BCUT2D eigenvalue weighted by Crippen LogP contribution is 2.26. The Morgan fingerprint density at radius 2 is 1.93 bits per heavy atom. The van der Waals surface area contributed by atoms with E-state index in [1.54, 1.807) is 26.2 Å². The zero-order valence-corrected chi connectivity index (χ0v) is 23.0. The predicted octanol–water partition coefficient (Wildman–Crippen LogP) is 1.99. The summed E-state index contributed by atoms with van der Waals surface area (Å²) in [7, 11) is 0. The number of aromatic nitrogens is 5. The Hall–Kier alpha value is -4.49. The van der Waals surface area contributed by atoms with E-state index in [0.29, 0.717) is 37.1 Å². The normalized spacial score (nSPS) is 14.8. The van der Waals surface area contributed by atoms with Crippen molar-refractivity contribution in [2.45, 2.75) is 39.4 Å². The Morgan fingerprint density at radius 3 is 2.68 bits per heavy atom. The van der Waals surface area contributed by atoms with Gasteiger partial charge in [0.05, 0.1) is 25.7 Å². The third-order valence-corrected chi connectivity index (χ3v) is 7.00. The van der Waals surface area contributed by atoms with Crippen molar-refractivity contribution >= 4 is 34.5 Å². The van der Waals surface area contributed by atoms with Gasteiger partial charge in [-0.05, 0) is 11.6 Å². The van der Waals surface area contributed by atoms with Crippen molar-refractivity contribution < 1.29 is 24.2 Å². The molecule has 1 atom stereocenters. The second-order valence-corrected chi connectivity index (χ2v) is 10.4. The molecule has 4 aromatic rings. The third-order valence-electron chi connectivity index (χ3n) is 7.00. The molecule has 13 heteroatoms. The zero-order chi connectivity index (χ0) is 28.9. The molecule has 0 unspecified atom stereocenters. The highest BCUT2D eigenvalue weighted by Gasteiger charge is 2.25. The first-order valence-electron chi connectivity index (χ1n) is 13.6. The summed E-state index contributed by atoms with van der Waals surface area (Å²) in [4.78, 5) is 55.4. The van der Waals surface area contributed by atoms with Crippen LogP contribution < -0.4 is 10.6 Å². The van der Waals surface area contributed by atoms with Crippen LogP contribution in [0.5, 0.6) is 0 Å². The fraction of sp³-hybridized carbons (Fsp3) is 0.393. The number of nitrogens with zero attached hydrogens (tertiary/aromatic N) is 4. The van der Waals surface area contributed by atoms with Gasteiger partial charge < -0.3 is 35.0 Å². The molecule has 41 heavy (non-hydrogen) atoms. The molecule has 13 nitrogen and oxygen atoms in total. The van der Waals surface area contributed by atoms with Gasteiger partial charge in [0.25, 0.3) is 0 Å². The maximum absolute atomic E-state index is 13.1. The lowest BCUT2D eigenvalue weighted by molar-refractivity contribution is -0.141. The van der Waals surface area contributed by atoms with Gasteiger partial charge in [0, 0.05) is 54.8 Å². The molecule has 1 aliphatic heterocycles. The Labute approximate surface area is 236 Å². The van der Waals surface area contributed by atoms with E-state index < -0.39 is 17.9 Å². The van der Waals surface area contributed by atoms with Gasteiger partial charge in [0.15, 0.2) is 5.82 Å². The summed E-state index contributed by atoms with van der Waals surface area (Å²) >= 11 is 0. The van der Waals surface area contributed by atoms with Crippen LogP contribution >= 0.6 is 0 Å². The Morgan fingerprint density at radius 1 is 1.15 bits per heavy atom. The molecule has 0 spiro atoms. The Bertz CT molecular complexity index is 1530. The van der Waals surface area contributed by atoms with E-state index in [1.165, 1.54) is 10.9 Å². The minimum Gasteiger partial charge on any atom is -0.480 e. The van der Waals surface area contributed by atoms with Crippen LogP contribution in [0.3, 0.4) is 0 Å². The monoisotopic (exact) mass is 562 g/mol. The van der Waals surface area contributed by atoms with Crippen LogP contribution in [-0.4, -0.2) is 84.6 Å². The van der Waals surface area contributed by atoms with Gasteiger partial charge in [-0.1, -0.05) is 32.0 Å². The lowest BCUT2D eigenvalue weighted by Gasteiger charge is -2.25. The zero-order valence-electron chi connectivity index (χ0n) is 23.0. The molecule has 1 saturated heterocycles. The number of aromatic amines is 2. The second kappa shape index (κ2) is 12.4. The van der Waals surface area contributed by atoms with E-state index in [-0.39, 0.29) is 24.8 Å². The number of imidazole rings is 2. The smallest absolute Gasteiger partial charge is 0.326 e. The molecule has 216 valence electrons. The Balaban J connectivity index is 1.33. The molecule has 4 heterocycles. The number of fused-ring (bicyclic) bond motifs is 1. The van der Waals surface area contributed by atoms with E-state index in [2.05, 4.69) is 35.5 Å². The summed E-state index contributed by atoms with van der Waals surface area (Å²) in [5.41, 5.74) is 2.94. The maximum atomic E-state index is 13.1. The van der Waals surface area contributed by atoms with Crippen molar-refractivity contribution in [1.82, 2.24) is 34.7 Å². The number of hydrogen-bond donors (Lipinski definition) is 5. The SMILES string of the molecule is CC(C)C(=O)Nc1c(-c2ncc(CN3CCOCC3)[nH]2)ncn1CC(=O)N[C@@H](Cc1c[nH]c2ccccc12)C(=O)O. The molecule has 3 aromatic heterocycles. The molecule has 0 saturated carbocycles. The molecule has 0 aliphatic carbocycles. The van der Waals surface area contributed by atoms with E-state index in [9.17, 15) is 19.5 Å². The number of carboxylic acid groups (broad SMARTS) is 1. The van der Waals surface area contributed by atoms with Gasteiger partial charge >= 0.3 is 5.97 Å². The number of carbonyl (C=O) groups excluding carboxylic acids is 2. The van der Waals surface area contributed by atoms with E-state index in [0.717, 1.165) is 35.2 Å². The first-order valence-corrected chi connectivity index (χ1v) is 13.6. The fourth-order valence-electron chi connectivity index (χ4n) is 4.74. The molecule has 1 aliphatic rings. The summed E-state index contributed by atoms with van der Waals surface area (Å²) in [5, 5.41) is 16.2. The fourth-order valence-corrected chi connectivity index (χ4v) is 4.74. The topological polar surface area (TPSA) is 170 Å². The average molecular weight is 563 g/mol. The van der Waals surface area contributed by atoms with Crippen molar-refractivity contribution in [1.29, 1.82) is 0 Å². The number of aliphatic carboxylic acids is 1. The standard InChI is InChI=1S/C28H34N8O5/c1-17(2)27(38)34-26-24(25-30-13-19(32-25)14-35-7-9-41-10-8-35)31-16-36(26)15-23(37)33-22(28(39)40)11-18-12-29-21-6-4-3-5-20(18)21/h3-6,12-13,16-17,22,29H,7-11,14-15H2,1-2H3,(H,30,32)(H,33,37)(H,34,38)(H,39,40)/t22-/m0/s1. The van der Waals surface area contributed by atoms with Crippen molar-refractivity contribution in [3.63, 3.8) is 0 Å². The van der Waals surface area contributed by atoms with Crippen LogP contribution in [0.25, 0.3) is 22.4 Å². The summed E-state index contributed by atoms with van der Waals surface area (Å²) in [6.07, 6.45) is 5.03. The first-order chi connectivity index (χ1) is 19.8. The number of ether oxygens (including phenoxy) is 1. The second-order valence-electron chi connectivity index (χ2n) is 10.4. The number of rotatable bonds is 11. The molecular formula is C28H34N8O5. The maximum Gasteiger partial charge on any atom is 0.326 e. The number of benzene rings is 1. The van der Waals surface area contributed by atoms with Crippen LogP contribution in [0, 0.1) is 5.92 Å². The van der Waals surface area contributed by atoms with Gasteiger partial charge in [0.2, 0.25) is 11.8 Å². The van der Waals surface area contributed by atoms with E-state index >= 15 is 0 Å². The minimum absolute atomic E-state index is 0.107. The predicted molar refractivity (Wildman–Crippen MR) is 151 cm³/mol. The number of morpholine rings is 1. The average Bonchev–Trinajstić information content (AvgIpc) is 3.68. The number of amides is 2. The number of H-pyrrole nitrogens is 2. The summed E-state index contributed by atoms with van der Waals surface area (Å²) < 4.78 is 6.90. The summed E-state index contributed by atoms with van der Waals surface area (Å²) in [6.45, 7) is 6.96. The lowest BCUT2D eigenvalue weighted by Crippen LogP contribution is -2.43. The van der Waals surface area contributed by atoms with Gasteiger partial charge in [-0.15, -0.1) is 0 Å². The number of nitrogens with one attached hydrogen (secondary N) is 4. The quantitative estimate of drug-likeness (QED) is 0.185. The largest absolute Gasteiger partial charge is 0.480 e. The van der Waals surface area contributed by atoms with Gasteiger partial charge in [-0.25, -0.2) is 14.8 Å². The molecule has 2 amide bonds. The molecular weight excluding hydrogens is 528 g/mol. The van der Waals surface area contributed by atoms with Crippen LogP contribution in [0.2, 0.25) is 0 Å². The summed E-state index contributed by atoms with van der Waals surface area (Å²) in [5.74, 6) is -1.50. The van der Waals surface area contributed by atoms with Crippen molar-refractivity contribution in [3.05, 3.63) is 54.2 Å². The molecule has 5 N–H and O–H groups in total. The van der Waals surface area contributed by atoms with E-state index in [4.69, 9.17) is 4.74 Å². The van der Waals surface area contributed by atoms with Crippen LogP contribution in [0.15, 0.2) is 43.0 Å². The number of para-hydroxylation sites is 1. The van der Waals surface area contributed by atoms with Crippen molar-refractivity contribution in [2.24, 2.45) is 5.92 Å². The van der Waals surface area contributed by atoms with Crippen LogP contribution in [-0.2, 0) is 38.6 Å². The first kappa shape index (κ1) is 28.1. The lowest BCUT2D eigenvalue weighted by atomic mass is 10.0. The molecule has 1 aromatic carbocycles. The van der Waals surface area contributed by atoms with Crippen molar-refractivity contribution in [2.75, 3.05) is 31.6 Å². The van der Waals surface area contributed by atoms with Crippen molar-refractivity contribution in [3.8, 4) is 11.5 Å². The minimum atomic E-state index is -1.15. The number of carboxylic acids is 1. The molecule has 1 fully saturated rings. The highest BCUT2D eigenvalue weighted by molar-refractivity contribution is 5.94. The van der Waals surface area contributed by atoms with Gasteiger partial charge in [-0.3, -0.25) is 14.5 Å². The molecule has 0 bridgehead atoms. The van der Waals surface area contributed by atoms with Gasteiger partial charge in [-0.2, -0.15) is 0 Å². The van der Waals surface area contributed by atoms with Crippen LogP contribution in [0.1, 0.15) is 25.1 Å². The van der Waals surface area contributed by atoms with E-state index in [1.807, 2.05) is 24.3 Å². The Kier molecular flexibility index (Phi) is 8.45. The van der Waals surface area contributed by atoms with Gasteiger partial charge in [0.1, 0.15) is 24.1 Å².